The first kappa shape index (κ1) is 20.0. The number of fused-ring (bicyclic) bond motifs is 5. The molecule has 0 aromatic carbocycles. The Labute approximate surface area is 166 Å². The zero-order valence-electron chi connectivity index (χ0n) is 18.3. The molecule has 2 heteroatoms. The Balaban J connectivity index is 1.61. The molecule has 2 nitrogen and oxygen atoms in total. The molecule has 4 rings (SSSR count). The van der Waals surface area contributed by atoms with Gasteiger partial charge < -0.3 is 10.2 Å². The van der Waals surface area contributed by atoms with Gasteiger partial charge in [0.1, 0.15) is 0 Å². The molecule has 0 bridgehead atoms. The number of allylic oxidation sites excluding steroid dienone is 1. The van der Waals surface area contributed by atoms with Crippen molar-refractivity contribution in [1.82, 2.24) is 0 Å². The van der Waals surface area contributed by atoms with Crippen LogP contribution in [0.3, 0.4) is 0 Å². The van der Waals surface area contributed by atoms with E-state index < -0.39 is 5.60 Å². The summed E-state index contributed by atoms with van der Waals surface area (Å²) >= 11 is 0. The Kier molecular flexibility index (Phi) is 4.87. The number of aliphatic hydroxyl groups excluding tert-OH is 1. The van der Waals surface area contributed by atoms with E-state index in [-0.39, 0.29) is 6.61 Å². The van der Waals surface area contributed by atoms with Crippen LogP contribution < -0.4 is 0 Å². The predicted octanol–water partition coefficient (Wildman–Crippen LogP) is 5.58. The van der Waals surface area contributed by atoms with Gasteiger partial charge in [-0.3, -0.25) is 0 Å². The van der Waals surface area contributed by atoms with Gasteiger partial charge in [0.05, 0.1) is 5.60 Å². The minimum atomic E-state index is -0.397. The molecule has 154 valence electrons. The third-order valence-corrected chi connectivity index (χ3v) is 10.2. The van der Waals surface area contributed by atoms with Crippen LogP contribution in [0.15, 0.2) is 11.6 Å². The van der Waals surface area contributed by atoms with Crippen molar-refractivity contribution in [3.8, 4) is 0 Å². The Morgan fingerprint density at radius 1 is 1.15 bits per heavy atom. The van der Waals surface area contributed by atoms with Crippen LogP contribution in [0.5, 0.6) is 0 Å². The molecule has 0 aliphatic heterocycles. The lowest BCUT2D eigenvalue weighted by molar-refractivity contribution is -0.150. The van der Waals surface area contributed by atoms with Crippen LogP contribution in [0.25, 0.3) is 0 Å². The van der Waals surface area contributed by atoms with Crippen molar-refractivity contribution < 1.29 is 10.2 Å². The highest BCUT2D eigenvalue weighted by atomic mass is 16.3. The summed E-state index contributed by atoms with van der Waals surface area (Å²) < 4.78 is 0. The summed E-state index contributed by atoms with van der Waals surface area (Å²) in [5, 5.41) is 20.8. The first-order valence-electron chi connectivity index (χ1n) is 11.7. The van der Waals surface area contributed by atoms with Gasteiger partial charge in [0, 0.05) is 12.5 Å². The smallest absolute Gasteiger partial charge is 0.0648 e. The molecule has 0 saturated heterocycles. The second-order valence-electron chi connectivity index (χ2n) is 11.4. The van der Waals surface area contributed by atoms with Crippen molar-refractivity contribution in [3.63, 3.8) is 0 Å². The monoisotopic (exact) mass is 374 g/mol. The first-order chi connectivity index (χ1) is 12.7. The second kappa shape index (κ2) is 6.59. The number of aliphatic hydroxyl groups is 2. The highest BCUT2D eigenvalue weighted by Crippen LogP contribution is 2.68. The van der Waals surface area contributed by atoms with Gasteiger partial charge in [0.2, 0.25) is 0 Å². The maximum atomic E-state index is 11.0. The van der Waals surface area contributed by atoms with Gasteiger partial charge >= 0.3 is 0 Å². The van der Waals surface area contributed by atoms with E-state index in [0.29, 0.717) is 28.6 Å². The Morgan fingerprint density at radius 3 is 2.56 bits per heavy atom. The second-order valence-corrected chi connectivity index (χ2v) is 11.4. The molecule has 3 saturated carbocycles. The van der Waals surface area contributed by atoms with Crippen LogP contribution in [-0.4, -0.2) is 22.4 Å². The number of hydrogen-bond donors (Lipinski definition) is 2. The molecule has 4 aliphatic rings. The van der Waals surface area contributed by atoms with Crippen LogP contribution in [0.2, 0.25) is 0 Å². The van der Waals surface area contributed by atoms with E-state index in [1.165, 1.54) is 32.1 Å². The van der Waals surface area contributed by atoms with Crippen LogP contribution in [0, 0.1) is 46.3 Å². The molecule has 0 amide bonds. The van der Waals surface area contributed by atoms with Gasteiger partial charge in [-0.25, -0.2) is 0 Å². The molecule has 0 spiro atoms. The van der Waals surface area contributed by atoms with Gasteiger partial charge in [-0.05, 0) is 91.8 Å². The molecular weight excluding hydrogens is 332 g/mol. The third kappa shape index (κ3) is 2.80. The van der Waals surface area contributed by atoms with E-state index in [0.717, 1.165) is 37.0 Å². The minimum absolute atomic E-state index is 0.282. The van der Waals surface area contributed by atoms with Crippen LogP contribution in [-0.2, 0) is 0 Å². The van der Waals surface area contributed by atoms with E-state index in [1.54, 1.807) is 5.57 Å². The molecule has 0 aromatic heterocycles. The average Bonchev–Trinajstić information content (AvgIpc) is 2.93. The quantitative estimate of drug-likeness (QED) is 0.633. The van der Waals surface area contributed by atoms with Crippen LogP contribution in [0.1, 0.15) is 86.0 Å². The molecule has 9 atom stereocenters. The van der Waals surface area contributed by atoms with E-state index in [1.807, 2.05) is 0 Å². The topological polar surface area (TPSA) is 40.5 Å². The fourth-order valence-corrected chi connectivity index (χ4v) is 8.60. The Bertz CT molecular complexity index is 611. The van der Waals surface area contributed by atoms with E-state index in [2.05, 4.69) is 40.7 Å². The molecule has 3 fully saturated rings. The van der Waals surface area contributed by atoms with Crippen molar-refractivity contribution in [3.05, 3.63) is 11.6 Å². The molecule has 27 heavy (non-hydrogen) atoms. The molecule has 2 N–H and O–H groups in total. The lowest BCUT2D eigenvalue weighted by Crippen LogP contribution is -2.56. The SMILES string of the molecule is CC[C@]1(O)CC[C@@]2(C)[C@@H](CC[C@H]3[C@@H]4[C@H](C)C=C([C@H](C)CO)[C@@]4(C)CC[C@@H]32)C1. The summed E-state index contributed by atoms with van der Waals surface area (Å²) in [6.07, 6.45) is 12.0. The predicted molar refractivity (Wildman–Crippen MR) is 111 cm³/mol. The molecule has 0 unspecified atom stereocenters. The first-order valence-corrected chi connectivity index (χ1v) is 11.7. The molecule has 0 aromatic rings. The van der Waals surface area contributed by atoms with Gasteiger partial charge in [-0.2, -0.15) is 0 Å². The average molecular weight is 375 g/mol. The summed E-state index contributed by atoms with van der Waals surface area (Å²) in [6, 6.07) is 0. The van der Waals surface area contributed by atoms with E-state index >= 15 is 0 Å². The highest BCUT2D eigenvalue weighted by molar-refractivity contribution is 5.29. The van der Waals surface area contributed by atoms with Crippen molar-refractivity contribution in [2.75, 3.05) is 6.61 Å². The normalized spacial score (nSPS) is 53.1. The summed E-state index contributed by atoms with van der Waals surface area (Å²) in [7, 11) is 0. The van der Waals surface area contributed by atoms with Crippen molar-refractivity contribution >= 4 is 0 Å². The fourth-order valence-electron chi connectivity index (χ4n) is 8.60. The molecule has 0 heterocycles. The maximum absolute atomic E-state index is 11.0. The minimum Gasteiger partial charge on any atom is -0.396 e. The van der Waals surface area contributed by atoms with Crippen LogP contribution >= 0.6 is 0 Å². The zero-order valence-corrected chi connectivity index (χ0v) is 18.3. The molecule has 0 radical (unpaired) electrons. The Morgan fingerprint density at radius 2 is 1.89 bits per heavy atom. The highest BCUT2D eigenvalue weighted by Gasteiger charge is 2.61. The lowest BCUT2D eigenvalue weighted by Gasteiger charge is -2.62. The van der Waals surface area contributed by atoms with Crippen molar-refractivity contribution in [2.45, 2.75) is 91.6 Å². The lowest BCUT2D eigenvalue weighted by atomic mass is 9.43. The van der Waals surface area contributed by atoms with Crippen molar-refractivity contribution in [1.29, 1.82) is 0 Å². The number of hydrogen-bond acceptors (Lipinski definition) is 2. The van der Waals surface area contributed by atoms with Gasteiger partial charge in [-0.15, -0.1) is 0 Å². The molecular formula is C25H42O2. The van der Waals surface area contributed by atoms with Crippen molar-refractivity contribution in [2.24, 2.45) is 46.3 Å². The number of rotatable bonds is 3. The van der Waals surface area contributed by atoms with E-state index in [4.69, 9.17) is 0 Å². The maximum Gasteiger partial charge on any atom is 0.0648 e. The summed E-state index contributed by atoms with van der Waals surface area (Å²) in [5.41, 5.74) is 1.88. The summed E-state index contributed by atoms with van der Waals surface area (Å²) in [6.45, 7) is 12.2. The molecule has 4 aliphatic carbocycles. The van der Waals surface area contributed by atoms with Crippen LogP contribution in [0.4, 0.5) is 0 Å². The Hall–Kier alpha value is -0.340. The zero-order chi connectivity index (χ0) is 19.6. The fraction of sp³-hybridized carbons (Fsp3) is 0.920. The van der Waals surface area contributed by atoms with Gasteiger partial charge in [0.15, 0.2) is 0 Å². The largest absolute Gasteiger partial charge is 0.396 e. The summed E-state index contributed by atoms with van der Waals surface area (Å²) in [5.74, 6) is 4.07. The van der Waals surface area contributed by atoms with Gasteiger partial charge in [0.25, 0.3) is 0 Å². The van der Waals surface area contributed by atoms with E-state index in [9.17, 15) is 10.2 Å². The summed E-state index contributed by atoms with van der Waals surface area (Å²) in [4.78, 5) is 0. The van der Waals surface area contributed by atoms with Gasteiger partial charge in [-0.1, -0.05) is 46.3 Å². The third-order valence-electron chi connectivity index (χ3n) is 10.2. The standard InChI is InChI=1S/C25H42O2/c1-6-25(27)12-11-23(4)18(14-25)7-8-19-20(23)9-10-24(5)21(17(3)15-26)13-16(2)22(19)24/h13,16-20,22,26-27H,6-12,14-15H2,1-5H3/t16-,17-,18+,19-,20+,22+,23+,24-,25+/m1/s1.